The van der Waals surface area contributed by atoms with Crippen molar-refractivity contribution in [2.45, 2.75) is 59.9 Å². The fourth-order valence-corrected chi connectivity index (χ4v) is 4.92. The fourth-order valence-electron chi connectivity index (χ4n) is 4.92. The minimum atomic E-state index is -0.661. The maximum Gasteiger partial charge on any atom is 0.290 e. The molecule has 1 aliphatic heterocycles. The van der Waals surface area contributed by atoms with Crippen LogP contribution in [0.3, 0.4) is 0 Å². The Morgan fingerprint density at radius 2 is 1.61 bits per heavy atom. The van der Waals surface area contributed by atoms with Crippen LogP contribution in [0.4, 0.5) is 0 Å². The van der Waals surface area contributed by atoms with Crippen LogP contribution in [0.5, 0.6) is 0 Å². The first-order chi connectivity index (χ1) is 17.9. The summed E-state index contributed by atoms with van der Waals surface area (Å²) in [5, 5.41) is 0. The molecule has 0 spiro atoms. The quantitative estimate of drug-likeness (QED) is 0.369. The van der Waals surface area contributed by atoms with E-state index in [0.717, 1.165) is 22.6 Å². The highest BCUT2D eigenvalue weighted by Gasteiger charge is 2.41. The van der Waals surface area contributed by atoms with Crippen molar-refractivity contribution in [2.75, 3.05) is 19.8 Å². The molecule has 4 rings (SSSR count). The number of imidazole rings is 1. The van der Waals surface area contributed by atoms with Crippen LogP contribution in [0, 0.1) is 11.3 Å². The van der Waals surface area contributed by atoms with Crippen molar-refractivity contribution < 1.29 is 19.1 Å². The van der Waals surface area contributed by atoms with E-state index in [-0.39, 0.29) is 5.92 Å². The summed E-state index contributed by atoms with van der Waals surface area (Å²) in [5.74, 6) is -1.01. The summed E-state index contributed by atoms with van der Waals surface area (Å²) in [4.78, 5) is 32.8. The molecule has 38 heavy (non-hydrogen) atoms. The number of ether oxygens (including phenoxy) is 2. The van der Waals surface area contributed by atoms with Gasteiger partial charge in [0.2, 0.25) is 5.78 Å². The second kappa shape index (κ2) is 11.2. The molecule has 0 aliphatic carbocycles. The molecule has 2 aromatic carbocycles. The van der Waals surface area contributed by atoms with Crippen LogP contribution in [-0.2, 0) is 25.6 Å². The molecule has 3 aromatic rings. The summed E-state index contributed by atoms with van der Waals surface area (Å²) < 4.78 is 13.9. The van der Waals surface area contributed by atoms with Crippen LogP contribution < -0.4 is 0 Å². The van der Waals surface area contributed by atoms with Crippen molar-refractivity contribution in [3.63, 3.8) is 0 Å². The number of amides is 1. The van der Waals surface area contributed by atoms with Gasteiger partial charge in [0.1, 0.15) is 5.82 Å². The van der Waals surface area contributed by atoms with Crippen molar-refractivity contribution >= 4 is 11.7 Å². The Kier molecular flexibility index (Phi) is 8.19. The molecule has 2 heterocycles. The Morgan fingerprint density at radius 3 is 2.16 bits per heavy atom. The molecule has 0 unspecified atom stereocenters. The van der Waals surface area contributed by atoms with Gasteiger partial charge in [-0.25, -0.2) is 4.98 Å². The summed E-state index contributed by atoms with van der Waals surface area (Å²) in [6.07, 6.45) is 2.04. The van der Waals surface area contributed by atoms with Gasteiger partial charge in [-0.05, 0) is 24.8 Å². The largest absolute Gasteiger partial charge is 0.350 e. The van der Waals surface area contributed by atoms with E-state index < -0.39 is 28.9 Å². The fraction of sp³-hybridized carbons (Fsp3) is 0.452. The van der Waals surface area contributed by atoms with E-state index in [1.54, 1.807) is 4.90 Å². The molecule has 7 nitrogen and oxygen atoms in total. The topological polar surface area (TPSA) is 73.7 Å². The predicted molar refractivity (Wildman–Crippen MR) is 147 cm³/mol. The van der Waals surface area contributed by atoms with E-state index in [0.29, 0.717) is 26.3 Å². The average molecular weight is 518 g/mol. The molecule has 0 saturated carbocycles. The Balaban J connectivity index is 1.80. The lowest BCUT2D eigenvalue weighted by molar-refractivity contribution is -0.263. The molecule has 0 radical (unpaired) electrons. The average Bonchev–Trinajstić information content (AvgIpc) is 3.27. The standard InChI is InChI=1S/C31H39N3O4/c1-22(35)29(36)34(18-24-20-37-31(5,6)38-21-24)27(30(2,3)4)28-32-26(25-15-11-8-12-16-25)19-33(28)17-23-13-9-7-10-14-23/h7-16,19,24,27H,17-18,20-21H2,1-6H3/t27-/m0/s1. The zero-order chi connectivity index (χ0) is 27.5. The van der Waals surface area contributed by atoms with Crippen LogP contribution >= 0.6 is 0 Å². The van der Waals surface area contributed by atoms with E-state index in [1.165, 1.54) is 6.92 Å². The maximum absolute atomic E-state index is 13.5. The van der Waals surface area contributed by atoms with Crippen molar-refractivity contribution in [3.8, 4) is 11.3 Å². The molecule has 1 saturated heterocycles. The van der Waals surface area contributed by atoms with E-state index in [2.05, 4.69) is 37.5 Å². The zero-order valence-electron chi connectivity index (χ0n) is 23.3. The number of benzene rings is 2. The molecule has 1 fully saturated rings. The van der Waals surface area contributed by atoms with Crippen molar-refractivity contribution in [1.82, 2.24) is 14.5 Å². The predicted octanol–water partition coefficient (Wildman–Crippen LogP) is 5.50. The number of aromatic nitrogens is 2. The molecule has 1 amide bonds. The van der Waals surface area contributed by atoms with E-state index in [1.807, 2.05) is 68.6 Å². The highest BCUT2D eigenvalue weighted by Crippen LogP contribution is 2.40. The van der Waals surface area contributed by atoms with Gasteiger partial charge < -0.3 is 18.9 Å². The first-order valence-corrected chi connectivity index (χ1v) is 13.2. The van der Waals surface area contributed by atoms with Crippen LogP contribution in [0.1, 0.15) is 59.0 Å². The highest BCUT2D eigenvalue weighted by atomic mass is 16.7. The van der Waals surface area contributed by atoms with Gasteiger partial charge in [-0.15, -0.1) is 0 Å². The number of carbonyl (C=O) groups excluding carboxylic acids is 2. The van der Waals surface area contributed by atoms with Gasteiger partial charge in [0.05, 0.1) is 24.9 Å². The van der Waals surface area contributed by atoms with Crippen LogP contribution in [0.25, 0.3) is 11.3 Å². The lowest BCUT2D eigenvalue weighted by atomic mass is 9.84. The lowest BCUT2D eigenvalue weighted by Gasteiger charge is -2.43. The lowest BCUT2D eigenvalue weighted by Crippen LogP contribution is -2.50. The number of hydrogen-bond acceptors (Lipinski definition) is 5. The summed E-state index contributed by atoms with van der Waals surface area (Å²) in [7, 11) is 0. The second-order valence-electron chi connectivity index (χ2n) is 11.6. The molecule has 1 aliphatic rings. The third kappa shape index (κ3) is 6.58. The Labute approximate surface area is 225 Å². The molecular formula is C31H39N3O4. The minimum Gasteiger partial charge on any atom is -0.350 e. The summed E-state index contributed by atoms with van der Waals surface area (Å²) >= 11 is 0. The summed E-state index contributed by atoms with van der Waals surface area (Å²) in [6, 6.07) is 19.7. The van der Waals surface area contributed by atoms with Gasteiger partial charge in [-0.3, -0.25) is 9.59 Å². The van der Waals surface area contributed by atoms with Gasteiger partial charge in [0.15, 0.2) is 5.79 Å². The van der Waals surface area contributed by atoms with Crippen LogP contribution in [-0.4, -0.2) is 51.7 Å². The maximum atomic E-state index is 13.5. The number of carbonyl (C=O) groups is 2. The molecule has 1 atom stereocenters. The Bertz CT molecular complexity index is 1240. The molecule has 202 valence electrons. The van der Waals surface area contributed by atoms with E-state index in [4.69, 9.17) is 14.5 Å². The number of nitrogens with zero attached hydrogens (tertiary/aromatic N) is 3. The van der Waals surface area contributed by atoms with Crippen molar-refractivity contribution in [1.29, 1.82) is 0 Å². The van der Waals surface area contributed by atoms with Gasteiger partial charge in [0, 0.05) is 37.7 Å². The Morgan fingerprint density at radius 1 is 1.03 bits per heavy atom. The smallest absolute Gasteiger partial charge is 0.290 e. The monoisotopic (exact) mass is 517 g/mol. The number of rotatable bonds is 8. The van der Waals surface area contributed by atoms with Gasteiger partial charge in [0.25, 0.3) is 5.91 Å². The molecular weight excluding hydrogens is 478 g/mol. The Hall–Kier alpha value is -3.29. The van der Waals surface area contributed by atoms with Crippen molar-refractivity contribution in [3.05, 3.63) is 78.2 Å². The first kappa shape index (κ1) is 27.7. The van der Waals surface area contributed by atoms with Gasteiger partial charge in [-0.1, -0.05) is 81.4 Å². The summed E-state index contributed by atoms with van der Waals surface area (Å²) in [5.41, 5.74) is 2.52. The molecule has 1 aromatic heterocycles. The number of ketones is 1. The molecule has 7 heteroatoms. The van der Waals surface area contributed by atoms with Crippen LogP contribution in [0.2, 0.25) is 0 Å². The minimum absolute atomic E-state index is 0.0673. The number of hydrogen-bond donors (Lipinski definition) is 0. The van der Waals surface area contributed by atoms with Gasteiger partial charge >= 0.3 is 0 Å². The summed E-state index contributed by atoms with van der Waals surface area (Å²) in [6.45, 7) is 13.1. The van der Waals surface area contributed by atoms with E-state index >= 15 is 0 Å². The first-order valence-electron chi connectivity index (χ1n) is 13.2. The van der Waals surface area contributed by atoms with Gasteiger partial charge in [-0.2, -0.15) is 0 Å². The van der Waals surface area contributed by atoms with Crippen LogP contribution in [0.15, 0.2) is 66.9 Å². The van der Waals surface area contributed by atoms with E-state index in [9.17, 15) is 9.59 Å². The SMILES string of the molecule is CC(=O)C(=O)N(CC1COC(C)(C)OC1)[C@@H](c1nc(-c2ccccc2)cn1Cc1ccccc1)C(C)(C)C. The molecule has 0 N–H and O–H groups in total. The third-order valence-corrected chi connectivity index (χ3v) is 6.80. The van der Waals surface area contributed by atoms with Crippen molar-refractivity contribution in [2.24, 2.45) is 11.3 Å². The molecule has 0 bridgehead atoms. The highest BCUT2D eigenvalue weighted by molar-refractivity contribution is 6.35. The third-order valence-electron chi connectivity index (χ3n) is 6.80. The number of Topliss-reactive ketones (excluding diaryl/α,β-unsaturated/α-hetero) is 1. The normalized spacial score (nSPS) is 16.7. The zero-order valence-corrected chi connectivity index (χ0v) is 23.3. The second-order valence-corrected chi connectivity index (χ2v) is 11.6.